The first-order valence-corrected chi connectivity index (χ1v) is 10.7. The maximum absolute atomic E-state index is 12.2. The maximum atomic E-state index is 12.2. The van der Waals surface area contributed by atoms with Crippen molar-refractivity contribution >= 4 is 38.5 Å². The third-order valence-corrected chi connectivity index (χ3v) is 4.88. The summed E-state index contributed by atoms with van der Waals surface area (Å²) in [5.74, 6) is -0.195. The van der Waals surface area contributed by atoms with Crippen molar-refractivity contribution in [2.24, 2.45) is 0 Å². The standard InChI is InChI=1S/C22H22N2O3S/c1-16(19-11-10-18-5-3-4-6-20(18)15-19)23-22(25)14-9-17-7-12-21(13-8-17)24-28(2,26)27/h3-16,24H,1-2H3,(H,23,25)/b14-9+. The molecule has 0 aliphatic rings. The van der Waals surface area contributed by atoms with Crippen LogP contribution in [0.2, 0.25) is 0 Å². The number of sulfonamides is 1. The van der Waals surface area contributed by atoms with Gasteiger partial charge in [0.2, 0.25) is 15.9 Å². The Morgan fingerprint density at radius 3 is 2.32 bits per heavy atom. The van der Waals surface area contributed by atoms with E-state index >= 15 is 0 Å². The minimum atomic E-state index is -3.30. The molecule has 0 spiro atoms. The van der Waals surface area contributed by atoms with E-state index in [4.69, 9.17) is 0 Å². The number of nitrogens with one attached hydrogen (secondary N) is 2. The number of rotatable bonds is 6. The SMILES string of the molecule is CC(NC(=O)/C=C/c1ccc(NS(C)(=O)=O)cc1)c1ccc2ccccc2c1. The number of anilines is 1. The van der Waals surface area contributed by atoms with Crippen LogP contribution in [-0.4, -0.2) is 20.6 Å². The van der Waals surface area contributed by atoms with Crippen molar-refractivity contribution in [2.75, 3.05) is 11.0 Å². The Hall–Kier alpha value is -3.12. The van der Waals surface area contributed by atoms with Crippen LogP contribution in [-0.2, 0) is 14.8 Å². The molecule has 144 valence electrons. The Labute approximate surface area is 165 Å². The van der Waals surface area contributed by atoms with Gasteiger partial charge in [-0.25, -0.2) is 8.42 Å². The Morgan fingerprint density at radius 2 is 1.64 bits per heavy atom. The summed E-state index contributed by atoms with van der Waals surface area (Å²) in [5.41, 5.74) is 2.32. The summed E-state index contributed by atoms with van der Waals surface area (Å²) < 4.78 is 24.8. The predicted molar refractivity (Wildman–Crippen MR) is 114 cm³/mol. The van der Waals surface area contributed by atoms with Crippen LogP contribution in [0.1, 0.15) is 24.1 Å². The molecule has 0 bridgehead atoms. The number of fused-ring (bicyclic) bond motifs is 1. The molecule has 0 heterocycles. The van der Waals surface area contributed by atoms with Crippen molar-refractivity contribution in [3.63, 3.8) is 0 Å². The average Bonchev–Trinajstić information content (AvgIpc) is 2.66. The molecule has 3 aromatic carbocycles. The van der Waals surface area contributed by atoms with Crippen LogP contribution >= 0.6 is 0 Å². The second-order valence-corrected chi connectivity index (χ2v) is 8.41. The van der Waals surface area contributed by atoms with Crippen LogP contribution in [0.25, 0.3) is 16.8 Å². The van der Waals surface area contributed by atoms with Crippen molar-refractivity contribution < 1.29 is 13.2 Å². The highest BCUT2D eigenvalue weighted by molar-refractivity contribution is 7.92. The van der Waals surface area contributed by atoms with Gasteiger partial charge in [0, 0.05) is 11.8 Å². The summed E-state index contributed by atoms with van der Waals surface area (Å²) >= 11 is 0. The lowest BCUT2D eigenvalue weighted by molar-refractivity contribution is -0.117. The van der Waals surface area contributed by atoms with Crippen LogP contribution in [0.4, 0.5) is 5.69 Å². The van der Waals surface area contributed by atoms with Gasteiger partial charge in [0.25, 0.3) is 0 Å². The summed E-state index contributed by atoms with van der Waals surface area (Å²) in [4.78, 5) is 12.2. The summed E-state index contributed by atoms with van der Waals surface area (Å²) in [6.45, 7) is 1.95. The van der Waals surface area contributed by atoms with Gasteiger partial charge in [-0.3, -0.25) is 9.52 Å². The first kappa shape index (κ1) is 19.6. The molecule has 0 aromatic heterocycles. The second-order valence-electron chi connectivity index (χ2n) is 6.67. The lowest BCUT2D eigenvalue weighted by atomic mass is 10.0. The molecule has 3 aromatic rings. The molecular formula is C22H22N2O3S. The van der Waals surface area contributed by atoms with E-state index in [0.717, 1.165) is 22.8 Å². The zero-order valence-electron chi connectivity index (χ0n) is 15.7. The number of amides is 1. The second kappa shape index (κ2) is 8.27. The van der Waals surface area contributed by atoms with E-state index in [9.17, 15) is 13.2 Å². The van der Waals surface area contributed by atoms with Crippen LogP contribution in [0.5, 0.6) is 0 Å². The first-order valence-electron chi connectivity index (χ1n) is 8.85. The quantitative estimate of drug-likeness (QED) is 0.618. The Bertz CT molecular complexity index is 1120. The third-order valence-electron chi connectivity index (χ3n) is 4.27. The van der Waals surface area contributed by atoms with E-state index in [1.54, 1.807) is 30.3 Å². The smallest absolute Gasteiger partial charge is 0.244 e. The molecule has 1 atom stereocenters. The molecule has 0 aliphatic carbocycles. The maximum Gasteiger partial charge on any atom is 0.244 e. The van der Waals surface area contributed by atoms with Crippen molar-refractivity contribution in [1.82, 2.24) is 5.32 Å². The van der Waals surface area contributed by atoms with Crippen molar-refractivity contribution in [1.29, 1.82) is 0 Å². The van der Waals surface area contributed by atoms with Crippen molar-refractivity contribution in [2.45, 2.75) is 13.0 Å². The van der Waals surface area contributed by atoms with E-state index in [1.807, 2.05) is 25.1 Å². The van der Waals surface area contributed by atoms with Gasteiger partial charge in [-0.05, 0) is 53.1 Å². The first-order chi connectivity index (χ1) is 13.3. The van der Waals surface area contributed by atoms with E-state index in [2.05, 4.69) is 34.3 Å². The number of hydrogen-bond acceptors (Lipinski definition) is 3. The molecule has 1 unspecified atom stereocenters. The van der Waals surface area contributed by atoms with Gasteiger partial charge in [-0.1, -0.05) is 48.5 Å². The van der Waals surface area contributed by atoms with Gasteiger partial charge in [0.15, 0.2) is 0 Å². The number of carbonyl (C=O) groups is 1. The fraction of sp³-hybridized carbons (Fsp3) is 0.136. The van der Waals surface area contributed by atoms with Gasteiger partial charge in [0.05, 0.1) is 12.3 Å². The molecule has 0 saturated heterocycles. The summed E-state index contributed by atoms with van der Waals surface area (Å²) in [6.07, 6.45) is 4.26. The monoisotopic (exact) mass is 394 g/mol. The number of hydrogen-bond donors (Lipinski definition) is 2. The molecule has 28 heavy (non-hydrogen) atoms. The zero-order valence-corrected chi connectivity index (χ0v) is 16.5. The van der Waals surface area contributed by atoms with Crippen LogP contribution in [0.3, 0.4) is 0 Å². The summed E-state index contributed by atoms with van der Waals surface area (Å²) in [6, 6.07) is 20.9. The predicted octanol–water partition coefficient (Wildman–Crippen LogP) is 4.10. The van der Waals surface area contributed by atoms with Crippen molar-refractivity contribution in [3.8, 4) is 0 Å². The molecule has 1 amide bonds. The Kier molecular flexibility index (Phi) is 5.80. The van der Waals surface area contributed by atoms with Crippen LogP contribution in [0, 0.1) is 0 Å². The van der Waals surface area contributed by atoms with Gasteiger partial charge in [-0.2, -0.15) is 0 Å². The molecular weight excluding hydrogens is 372 g/mol. The van der Waals surface area contributed by atoms with E-state index in [1.165, 1.54) is 11.5 Å². The Morgan fingerprint density at radius 1 is 0.964 bits per heavy atom. The normalized spacial score (nSPS) is 12.8. The third kappa shape index (κ3) is 5.44. The molecule has 5 nitrogen and oxygen atoms in total. The van der Waals surface area contributed by atoms with Gasteiger partial charge >= 0.3 is 0 Å². The highest BCUT2D eigenvalue weighted by Gasteiger charge is 2.08. The lowest BCUT2D eigenvalue weighted by Gasteiger charge is -2.14. The van der Waals surface area contributed by atoms with Gasteiger partial charge in [0.1, 0.15) is 0 Å². The topological polar surface area (TPSA) is 75.3 Å². The average molecular weight is 394 g/mol. The largest absolute Gasteiger partial charge is 0.346 e. The van der Waals surface area contributed by atoms with E-state index < -0.39 is 10.0 Å². The highest BCUT2D eigenvalue weighted by atomic mass is 32.2. The molecule has 0 aliphatic heterocycles. The fourth-order valence-electron chi connectivity index (χ4n) is 2.87. The summed E-state index contributed by atoms with van der Waals surface area (Å²) in [5, 5.41) is 5.26. The molecule has 6 heteroatoms. The molecule has 0 saturated carbocycles. The number of carbonyl (C=O) groups excluding carboxylic acids is 1. The fourth-order valence-corrected chi connectivity index (χ4v) is 3.43. The molecule has 0 radical (unpaired) electrons. The van der Waals surface area contributed by atoms with Crippen LogP contribution in [0.15, 0.2) is 72.8 Å². The lowest BCUT2D eigenvalue weighted by Crippen LogP contribution is -2.24. The highest BCUT2D eigenvalue weighted by Crippen LogP contribution is 2.20. The number of benzene rings is 3. The summed E-state index contributed by atoms with van der Waals surface area (Å²) in [7, 11) is -3.30. The molecule has 2 N–H and O–H groups in total. The minimum absolute atomic E-state index is 0.122. The van der Waals surface area contributed by atoms with Crippen molar-refractivity contribution in [3.05, 3.63) is 83.9 Å². The van der Waals surface area contributed by atoms with Gasteiger partial charge in [-0.15, -0.1) is 0 Å². The zero-order chi connectivity index (χ0) is 20.1. The van der Waals surface area contributed by atoms with E-state index in [0.29, 0.717) is 5.69 Å². The molecule has 3 rings (SSSR count). The van der Waals surface area contributed by atoms with E-state index in [-0.39, 0.29) is 11.9 Å². The van der Waals surface area contributed by atoms with Crippen LogP contribution < -0.4 is 10.0 Å². The Balaban J connectivity index is 1.62. The van der Waals surface area contributed by atoms with Gasteiger partial charge < -0.3 is 5.32 Å². The molecule has 0 fully saturated rings. The minimum Gasteiger partial charge on any atom is -0.346 e.